The van der Waals surface area contributed by atoms with Crippen LogP contribution in [-0.4, -0.2) is 22.2 Å². The van der Waals surface area contributed by atoms with Crippen LogP contribution >= 0.6 is 0 Å². The molecule has 1 fully saturated rings. The molecule has 3 rings (SSSR count). The first kappa shape index (κ1) is 13.3. The Balaban J connectivity index is 1.66. The number of hydrogen-bond acceptors (Lipinski definition) is 4. The van der Waals surface area contributed by atoms with Gasteiger partial charge in [-0.1, -0.05) is 31.0 Å². The molecule has 0 atom stereocenters. The van der Waals surface area contributed by atoms with E-state index < -0.39 is 0 Å². The zero-order valence-electron chi connectivity index (χ0n) is 11.5. The molecule has 1 aliphatic carbocycles. The number of benzene rings is 1. The summed E-state index contributed by atoms with van der Waals surface area (Å²) in [6, 6.07) is 9.87. The van der Waals surface area contributed by atoms with E-state index in [1.807, 2.05) is 30.3 Å². The van der Waals surface area contributed by atoms with Gasteiger partial charge in [-0.2, -0.15) is 0 Å². The summed E-state index contributed by atoms with van der Waals surface area (Å²) in [5, 5.41) is 13.0. The highest BCUT2D eigenvalue weighted by Gasteiger charge is 2.32. The van der Waals surface area contributed by atoms with Crippen LogP contribution in [0.1, 0.15) is 31.4 Å². The van der Waals surface area contributed by atoms with E-state index in [2.05, 4.69) is 10.3 Å². The van der Waals surface area contributed by atoms with Gasteiger partial charge >= 0.3 is 0 Å². The first-order chi connectivity index (χ1) is 9.81. The Bertz CT molecular complexity index is 545. The summed E-state index contributed by atoms with van der Waals surface area (Å²) >= 11 is 0. The second-order valence-corrected chi connectivity index (χ2v) is 5.51. The molecule has 0 aliphatic heterocycles. The maximum absolute atomic E-state index is 9.57. The Morgan fingerprint density at radius 1 is 1.20 bits per heavy atom. The number of aliphatic hydroxyl groups is 1. The maximum atomic E-state index is 9.57. The minimum atomic E-state index is -0.119. The molecule has 1 saturated carbocycles. The van der Waals surface area contributed by atoms with Gasteiger partial charge in [0.05, 0.1) is 12.3 Å². The van der Waals surface area contributed by atoms with Crippen molar-refractivity contribution in [2.45, 2.75) is 37.8 Å². The highest BCUT2D eigenvalue weighted by Crippen LogP contribution is 2.29. The SMILES string of the molecule is OCC1(NCc2coc(-c3ccccc3)n2)CCCC1. The molecule has 1 aromatic carbocycles. The molecule has 0 saturated heterocycles. The van der Waals surface area contributed by atoms with Crippen molar-refractivity contribution in [3.63, 3.8) is 0 Å². The van der Waals surface area contributed by atoms with Gasteiger partial charge in [-0.25, -0.2) is 4.98 Å². The van der Waals surface area contributed by atoms with Crippen LogP contribution in [0.25, 0.3) is 11.5 Å². The van der Waals surface area contributed by atoms with Crippen molar-refractivity contribution in [2.75, 3.05) is 6.61 Å². The summed E-state index contributed by atoms with van der Waals surface area (Å²) in [7, 11) is 0. The van der Waals surface area contributed by atoms with E-state index in [1.165, 1.54) is 12.8 Å². The van der Waals surface area contributed by atoms with Gasteiger partial charge in [-0.05, 0) is 25.0 Å². The molecule has 4 nitrogen and oxygen atoms in total. The van der Waals surface area contributed by atoms with Crippen LogP contribution in [0, 0.1) is 0 Å². The predicted octanol–water partition coefficient (Wildman–Crippen LogP) is 2.74. The average Bonchev–Trinajstić information content (AvgIpc) is 3.16. The van der Waals surface area contributed by atoms with E-state index in [4.69, 9.17) is 4.42 Å². The van der Waals surface area contributed by atoms with Crippen molar-refractivity contribution in [2.24, 2.45) is 0 Å². The highest BCUT2D eigenvalue weighted by atomic mass is 16.3. The molecule has 2 N–H and O–H groups in total. The lowest BCUT2D eigenvalue weighted by molar-refractivity contribution is 0.162. The largest absolute Gasteiger partial charge is 0.444 e. The topological polar surface area (TPSA) is 58.3 Å². The summed E-state index contributed by atoms with van der Waals surface area (Å²) in [5.41, 5.74) is 1.74. The van der Waals surface area contributed by atoms with Crippen LogP contribution in [0.15, 0.2) is 41.0 Å². The Morgan fingerprint density at radius 2 is 1.95 bits per heavy atom. The van der Waals surface area contributed by atoms with Gasteiger partial charge in [-0.3, -0.25) is 0 Å². The molecule has 1 aromatic heterocycles. The summed E-state index contributed by atoms with van der Waals surface area (Å²) in [5.74, 6) is 0.645. The molecule has 0 radical (unpaired) electrons. The second kappa shape index (κ2) is 5.77. The fraction of sp³-hybridized carbons (Fsp3) is 0.438. The number of oxazole rings is 1. The lowest BCUT2D eigenvalue weighted by Gasteiger charge is -2.27. The van der Waals surface area contributed by atoms with Gasteiger partial charge in [-0.15, -0.1) is 0 Å². The molecule has 20 heavy (non-hydrogen) atoms. The van der Waals surface area contributed by atoms with Gasteiger partial charge < -0.3 is 14.8 Å². The second-order valence-electron chi connectivity index (χ2n) is 5.51. The standard InChI is InChI=1S/C16H20N2O2/c19-12-16(8-4-5-9-16)17-10-14-11-20-15(18-14)13-6-2-1-3-7-13/h1-3,6-7,11,17,19H,4-5,8-10,12H2. The van der Waals surface area contributed by atoms with Crippen LogP contribution < -0.4 is 5.32 Å². The molecule has 0 unspecified atom stereocenters. The molecular weight excluding hydrogens is 252 g/mol. The van der Waals surface area contributed by atoms with Crippen LogP contribution in [-0.2, 0) is 6.54 Å². The molecule has 1 heterocycles. The lowest BCUT2D eigenvalue weighted by atomic mass is 9.99. The molecule has 0 spiro atoms. The number of rotatable bonds is 5. The minimum absolute atomic E-state index is 0.119. The summed E-state index contributed by atoms with van der Waals surface area (Å²) in [6.07, 6.45) is 6.12. The van der Waals surface area contributed by atoms with Gasteiger partial charge in [0.1, 0.15) is 6.26 Å². The van der Waals surface area contributed by atoms with E-state index in [0.29, 0.717) is 12.4 Å². The first-order valence-electron chi connectivity index (χ1n) is 7.17. The number of aromatic nitrogens is 1. The third-order valence-electron chi connectivity index (χ3n) is 4.08. The number of nitrogens with one attached hydrogen (secondary N) is 1. The molecule has 0 bridgehead atoms. The number of hydrogen-bond donors (Lipinski definition) is 2. The van der Waals surface area contributed by atoms with Gasteiger partial charge in [0.15, 0.2) is 0 Å². The van der Waals surface area contributed by atoms with Gasteiger partial charge in [0.25, 0.3) is 0 Å². The average molecular weight is 272 g/mol. The van der Waals surface area contributed by atoms with Crippen molar-refractivity contribution in [3.8, 4) is 11.5 Å². The zero-order chi connectivity index (χ0) is 13.8. The Labute approximate surface area is 118 Å². The van der Waals surface area contributed by atoms with Crippen molar-refractivity contribution in [3.05, 3.63) is 42.3 Å². The predicted molar refractivity (Wildman–Crippen MR) is 77.1 cm³/mol. The summed E-state index contributed by atoms with van der Waals surface area (Å²) in [6.45, 7) is 0.827. The fourth-order valence-corrected chi connectivity index (χ4v) is 2.82. The van der Waals surface area contributed by atoms with E-state index in [-0.39, 0.29) is 12.1 Å². The van der Waals surface area contributed by atoms with Crippen LogP contribution in [0.2, 0.25) is 0 Å². The molecule has 106 valence electrons. The van der Waals surface area contributed by atoms with Crippen LogP contribution in [0.3, 0.4) is 0 Å². The smallest absolute Gasteiger partial charge is 0.226 e. The molecule has 4 heteroatoms. The minimum Gasteiger partial charge on any atom is -0.444 e. The fourth-order valence-electron chi connectivity index (χ4n) is 2.82. The zero-order valence-corrected chi connectivity index (χ0v) is 11.5. The van der Waals surface area contributed by atoms with Crippen molar-refractivity contribution in [1.29, 1.82) is 0 Å². The lowest BCUT2D eigenvalue weighted by Crippen LogP contribution is -2.45. The van der Waals surface area contributed by atoms with Crippen LogP contribution in [0.4, 0.5) is 0 Å². The quantitative estimate of drug-likeness (QED) is 0.878. The number of aliphatic hydroxyl groups excluding tert-OH is 1. The molecular formula is C16H20N2O2. The van der Waals surface area contributed by atoms with Gasteiger partial charge in [0.2, 0.25) is 5.89 Å². The highest BCUT2D eigenvalue weighted by molar-refractivity contribution is 5.52. The van der Waals surface area contributed by atoms with Crippen molar-refractivity contribution in [1.82, 2.24) is 10.3 Å². The van der Waals surface area contributed by atoms with E-state index in [0.717, 1.165) is 24.1 Å². The Morgan fingerprint density at radius 3 is 2.65 bits per heavy atom. The monoisotopic (exact) mass is 272 g/mol. The molecule has 1 aliphatic rings. The third kappa shape index (κ3) is 2.76. The Hall–Kier alpha value is -1.65. The molecule has 0 amide bonds. The molecule has 2 aromatic rings. The first-order valence-corrected chi connectivity index (χ1v) is 7.17. The van der Waals surface area contributed by atoms with Crippen molar-refractivity contribution < 1.29 is 9.52 Å². The third-order valence-corrected chi connectivity index (χ3v) is 4.08. The van der Waals surface area contributed by atoms with Crippen LogP contribution in [0.5, 0.6) is 0 Å². The van der Waals surface area contributed by atoms with E-state index in [9.17, 15) is 5.11 Å². The van der Waals surface area contributed by atoms with E-state index in [1.54, 1.807) is 6.26 Å². The normalized spacial score (nSPS) is 17.4. The summed E-state index contributed by atoms with van der Waals surface area (Å²) in [4.78, 5) is 4.50. The Kier molecular flexibility index (Phi) is 3.85. The van der Waals surface area contributed by atoms with E-state index >= 15 is 0 Å². The van der Waals surface area contributed by atoms with Crippen molar-refractivity contribution >= 4 is 0 Å². The summed E-state index contributed by atoms with van der Waals surface area (Å²) < 4.78 is 5.52. The maximum Gasteiger partial charge on any atom is 0.226 e. The number of nitrogens with zero attached hydrogens (tertiary/aromatic N) is 1. The van der Waals surface area contributed by atoms with Gasteiger partial charge in [0, 0.05) is 17.6 Å².